The van der Waals surface area contributed by atoms with Crippen LogP contribution in [-0.2, 0) is 4.43 Å². The predicted molar refractivity (Wildman–Crippen MR) is 48.9 cm³/mol. The van der Waals surface area contributed by atoms with E-state index in [0.29, 0.717) is 0 Å². The Morgan fingerprint density at radius 1 is 1.50 bits per heavy atom. The standard InChI is InChI=1S/C6H14Cl2OSi/c1-3-4-5-6(2)9-10(7)8/h6,10H,3-5H2,1-2H3. The molecule has 0 N–H and O–H groups in total. The van der Waals surface area contributed by atoms with E-state index in [2.05, 4.69) is 6.92 Å². The lowest BCUT2D eigenvalue weighted by molar-refractivity contribution is 0.221. The van der Waals surface area contributed by atoms with Gasteiger partial charge in [0.1, 0.15) is 0 Å². The maximum Gasteiger partial charge on any atom is 0.373 e. The summed E-state index contributed by atoms with van der Waals surface area (Å²) >= 11 is 11.1. The van der Waals surface area contributed by atoms with Gasteiger partial charge in [-0.05, 0) is 13.3 Å². The van der Waals surface area contributed by atoms with E-state index in [1.54, 1.807) is 0 Å². The summed E-state index contributed by atoms with van der Waals surface area (Å²) in [5.74, 6) is 0. The minimum absolute atomic E-state index is 0.242. The zero-order valence-corrected chi connectivity index (χ0v) is 9.11. The average molecular weight is 201 g/mol. The van der Waals surface area contributed by atoms with Crippen molar-refractivity contribution in [3.8, 4) is 0 Å². The third-order valence-corrected chi connectivity index (χ3v) is 2.59. The molecule has 1 unspecified atom stereocenters. The molecule has 0 radical (unpaired) electrons. The molecule has 0 aliphatic carbocycles. The van der Waals surface area contributed by atoms with Gasteiger partial charge in [-0.15, -0.1) is 22.2 Å². The summed E-state index contributed by atoms with van der Waals surface area (Å²) in [7, 11) is -1.83. The Morgan fingerprint density at radius 3 is 2.50 bits per heavy atom. The van der Waals surface area contributed by atoms with Gasteiger partial charge in [-0.25, -0.2) is 0 Å². The Morgan fingerprint density at radius 2 is 2.10 bits per heavy atom. The van der Waals surface area contributed by atoms with Crippen LogP contribution in [0.25, 0.3) is 0 Å². The molecule has 0 aromatic carbocycles. The zero-order chi connectivity index (χ0) is 7.98. The molecule has 0 aliphatic heterocycles. The van der Waals surface area contributed by atoms with Crippen molar-refractivity contribution in [2.75, 3.05) is 0 Å². The summed E-state index contributed by atoms with van der Waals surface area (Å²) in [5, 5.41) is 0. The van der Waals surface area contributed by atoms with E-state index in [-0.39, 0.29) is 6.10 Å². The first-order valence-electron chi connectivity index (χ1n) is 3.60. The minimum Gasteiger partial charge on any atom is -0.392 e. The van der Waals surface area contributed by atoms with Crippen LogP contribution in [0.2, 0.25) is 0 Å². The maximum atomic E-state index is 5.53. The largest absolute Gasteiger partial charge is 0.392 e. The number of hydrogen-bond acceptors (Lipinski definition) is 1. The monoisotopic (exact) mass is 200 g/mol. The molecule has 0 spiro atoms. The lowest BCUT2D eigenvalue weighted by atomic mass is 10.2. The summed E-state index contributed by atoms with van der Waals surface area (Å²) < 4.78 is 5.22. The van der Waals surface area contributed by atoms with E-state index < -0.39 is 7.66 Å². The van der Waals surface area contributed by atoms with Gasteiger partial charge >= 0.3 is 7.66 Å². The van der Waals surface area contributed by atoms with Crippen LogP contribution in [0, 0.1) is 0 Å². The van der Waals surface area contributed by atoms with Crippen LogP contribution in [0.4, 0.5) is 0 Å². The van der Waals surface area contributed by atoms with Crippen molar-refractivity contribution in [2.45, 2.75) is 39.2 Å². The Labute approximate surface area is 73.8 Å². The van der Waals surface area contributed by atoms with Crippen LogP contribution in [-0.4, -0.2) is 13.8 Å². The zero-order valence-electron chi connectivity index (χ0n) is 6.44. The smallest absolute Gasteiger partial charge is 0.373 e. The molecule has 0 amide bonds. The molecule has 0 bridgehead atoms. The van der Waals surface area contributed by atoms with Crippen molar-refractivity contribution in [1.29, 1.82) is 0 Å². The molecule has 1 atom stereocenters. The Balaban J connectivity index is 3.16. The van der Waals surface area contributed by atoms with Crippen LogP contribution in [0.5, 0.6) is 0 Å². The highest BCUT2D eigenvalue weighted by Gasteiger charge is 2.07. The summed E-state index contributed by atoms with van der Waals surface area (Å²) in [6.45, 7) is 4.17. The molecule has 0 aliphatic rings. The molecular weight excluding hydrogens is 187 g/mol. The van der Waals surface area contributed by atoms with E-state index in [0.717, 1.165) is 6.42 Å². The van der Waals surface area contributed by atoms with Gasteiger partial charge in [0, 0.05) is 6.10 Å². The van der Waals surface area contributed by atoms with Crippen LogP contribution in [0.15, 0.2) is 0 Å². The second kappa shape index (κ2) is 6.47. The quantitative estimate of drug-likeness (QED) is 0.491. The Hall–Kier alpha value is 0.757. The molecule has 10 heavy (non-hydrogen) atoms. The normalized spacial score (nSPS) is 14.1. The topological polar surface area (TPSA) is 9.23 Å². The molecule has 0 heterocycles. The number of halogens is 2. The van der Waals surface area contributed by atoms with Crippen LogP contribution >= 0.6 is 22.2 Å². The molecular formula is C6H14Cl2OSi. The lowest BCUT2D eigenvalue weighted by Crippen LogP contribution is -2.13. The summed E-state index contributed by atoms with van der Waals surface area (Å²) in [4.78, 5) is 0. The summed E-state index contributed by atoms with van der Waals surface area (Å²) in [6.07, 6.45) is 3.70. The van der Waals surface area contributed by atoms with Crippen molar-refractivity contribution in [3.63, 3.8) is 0 Å². The molecule has 0 saturated heterocycles. The third-order valence-electron chi connectivity index (χ3n) is 1.30. The van der Waals surface area contributed by atoms with Gasteiger partial charge in [0.05, 0.1) is 0 Å². The summed E-state index contributed by atoms with van der Waals surface area (Å²) in [5.41, 5.74) is 0. The van der Waals surface area contributed by atoms with Gasteiger partial charge in [0.15, 0.2) is 0 Å². The highest BCUT2D eigenvalue weighted by Crippen LogP contribution is 2.08. The number of rotatable bonds is 5. The fourth-order valence-electron chi connectivity index (χ4n) is 0.735. The van der Waals surface area contributed by atoms with E-state index in [4.69, 9.17) is 26.6 Å². The van der Waals surface area contributed by atoms with Crippen molar-refractivity contribution >= 4 is 29.8 Å². The highest BCUT2D eigenvalue weighted by atomic mass is 35.7. The molecule has 0 fully saturated rings. The first kappa shape index (κ1) is 10.8. The SMILES string of the molecule is CCCCC(C)O[SiH](Cl)Cl. The van der Waals surface area contributed by atoms with Gasteiger partial charge in [-0.2, -0.15) is 0 Å². The van der Waals surface area contributed by atoms with Crippen molar-refractivity contribution in [3.05, 3.63) is 0 Å². The molecule has 62 valence electrons. The van der Waals surface area contributed by atoms with Crippen molar-refractivity contribution in [2.24, 2.45) is 0 Å². The van der Waals surface area contributed by atoms with Gasteiger partial charge in [0.2, 0.25) is 0 Å². The van der Waals surface area contributed by atoms with E-state index in [1.807, 2.05) is 6.92 Å². The number of unbranched alkanes of at least 4 members (excludes halogenated alkanes) is 1. The summed E-state index contributed by atoms with van der Waals surface area (Å²) in [6, 6.07) is 0. The molecule has 0 aromatic rings. The van der Waals surface area contributed by atoms with Gasteiger partial charge in [-0.3, -0.25) is 0 Å². The second-order valence-corrected chi connectivity index (χ2v) is 6.19. The highest BCUT2D eigenvalue weighted by molar-refractivity contribution is 7.30. The van der Waals surface area contributed by atoms with Crippen LogP contribution in [0.1, 0.15) is 33.1 Å². The Kier molecular flexibility index (Phi) is 6.96. The molecule has 1 nitrogen and oxygen atoms in total. The fourth-order valence-corrected chi connectivity index (χ4v) is 2.28. The van der Waals surface area contributed by atoms with E-state index in [9.17, 15) is 0 Å². The molecule has 4 heteroatoms. The average Bonchev–Trinajstić information content (AvgIpc) is 1.82. The van der Waals surface area contributed by atoms with Crippen molar-refractivity contribution < 1.29 is 4.43 Å². The fraction of sp³-hybridized carbons (Fsp3) is 1.00. The Bertz CT molecular complexity index is 80.1. The number of hydrogen-bond donors (Lipinski definition) is 0. The third kappa shape index (κ3) is 6.87. The van der Waals surface area contributed by atoms with Crippen LogP contribution < -0.4 is 0 Å². The maximum absolute atomic E-state index is 5.53. The molecule has 0 saturated carbocycles. The first-order chi connectivity index (χ1) is 4.66. The molecule has 0 aromatic heterocycles. The van der Waals surface area contributed by atoms with E-state index >= 15 is 0 Å². The lowest BCUT2D eigenvalue weighted by Gasteiger charge is -2.11. The first-order valence-corrected chi connectivity index (χ1v) is 7.56. The predicted octanol–water partition coefficient (Wildman–Crippen LogP) is 2.78. The van der Waals surface area contributed by atoms with Crippen molar-refractivity contribution in [1.82, 2.24) is 0 Å². The van der Waals surface area contributed by atoms with Gasteiger partial charge in [0.25, 0.3) is 0 Å². The van der Waals surface area contributed by atoms with Gasteiger partial charge < -0.3 is 4.43 Å². The minimum atomic E-state index is -1.83. The van der Waals surface area contributed by atoms with Crippen LogP contribution in [0.3, 0.4) is 0 Å². The van der Waals surface area contributed by atoms with Gasteiger partial charge in [-0.1, -0.05) is 19.8 Å². The van der Waals surface area contributed by atoms with E-state index in [1.165, 1.54) is 12.8 Å². The second-order valence-electron chi connectivity index (χ2n) is 2.35. The molecule has 0 rings (SSSR count).